The van der Waals surface area contributed by atoms with Crippen LogP contribution in [0.2, 0.25) is 0 Å². The average Bonchev–Trinajstić information content (AvgIpc) is 2.94. The molecule has 20 heavy (non-hydrogen) atoms. The zero-order valence-corrected chi connectivity index (χ0v) is 11.8. The topological polar surface area (TPSA) is 44.5 Å². The summed E-state index contributed by atoms with van der Waals surface area (Å²) in [6, 6.07) is 14.1. The highest BCUT2D eigenvalue weighted by Gasteiger charge is 2.26. The van der Waals surface area contributed by atoms with Crippen molar-refractivity contribution in [2.24, 2.45) is 5.73 Å². The van der Waals surface area contributed by atoms with Crippen LogP contribution in [0.3, 0.4) is 0 Å². The first-order chi connectivity index (χ1) is 9.61. The van der Waals surface area contributed by atoms with Gasteiger partial charge in [0.05, 0.1) is 19.3 Å². The number of ether oxygens (including phenoxy) is 2. The van der Waals surface area contributed by atoms with E-state index in [1.165, 1.54) is 5.56 Å². The van der Waals surface area contributed by atoms with Crippen molar-refractivity contribution in [3.63, 3.8) is 0 Å². The lowest BCUT2D eigenvalue weighted by Crippen LogP contribution is -2.34. The summed E-state index contributed by atoms with van der Waals surface area (Å²) in [4.78, 5) is 0. The van der Waals surface area contributed by atoms with E-state index in [0.717, 1.165) is 35.7 Å². The number of hydrogen-bond acceptors (Lipinski definition) is 3. The Labute approximate surface area is 119 Å². The molecule has 1 aliphatic heterocycles. The fraction of sp³-hybridized carbons (Fsp3) is 0.294. The Kier molecular flexibility index (Phi) is 3.14. The van der Waals surface area contributed by atoms with Crippen LogP contribution in [0.5, 0.6) is 11.5 Å². The largest absolute Gasteiger partial charge is 0.497 e. The Morgan fingerprint density at radius 3 is 2.75 bits per heavy atom. The molecule has 1 atom stereocenters. The summed E-state index contributed by atoms with van der Waals surface area (Å²) in [6.07, 6.45) is 0.956. The van der Waals surface area contributed by atoms with Crippen LogP contribution < -0.4 is 15.2 Å². The zero-order chi connectivity index (χ0) is 14.2. The van der Waals surface area contributed by atoms with Crippen LogP contribution >= 0.6 is 0 Å². The second-order valence-electron chi connectivity index (χ2n) is 5.36. The van der Waals surface area contributed by atoms with Gasteiger partial charge in [-0.2, -0.15) is 0 Å². The highest BCUT2D eigenvalue weighted by Crippen LogP contribution is 2.33. The highest BCUT2D eigenvalue weighted by atomic mass is 16.5. The van der Waals surface area contributed by atoms with E-state index in [1.807, 2.05) is 43.3 Å². The number of rotatable bonds is 3. The molecule has 1 aliphatic rings. The van der Waals surface area contributed by atoms with Crippen LogP contribution in [-0.4, -0.2) is 13.7 Å². The second kappa shape index (κ2) is 4.84. The van der Waals surface area contributed by atoms with Gasteiger partial charge in [0.1, 0.15) is 11.5 Å². The summed E-state index contributed by atoms with van der Waals surface area (Å²) in [5.74, 6) is 1.80. The predicted octanol–water partition coefficient (Wildman–Crippen LogP) is 2.85. The lowest BCUT2D eigenvalue weighted by Gasteiger charge is -2.27. The normalized spacial score (nSPS) is 16.1. The van der Waals surface area contributed by atoms with E-state index < -0.39 is 5.54 Å². The van der Waals surface area contributed by atoms with Gasteiger partial charge in [0.15, 0.2) is 0 Å². The highest BCUT2D eigenvalue weighted by molar-refractivity contribution is 5.46. The lowest BCUT2D eigenvalue weighted by atomic mass is 9.84. The molecule has 0 saturated carbocycles. The van der Waals surface area contributed by atoms with Crippen molar-refractivity contribution in [3.8, 4) is 11.5 Å². The Morgan fingerprint density at radius 2 is 1.95 bits per heavy atom. The Bertz CT molecular complexity index is 635. The standard InChI is InChI=1S/C17H19NO2/c1-17(18,13-4-3-5-15(11-13)19-2)14-6-7-16-12(10-14)8-9-20-16/h3-7,10-11H,8-9,18H2,1-2H3. The third-order valence-electron chi connectivity index (χ3n) is 3.96. The fourth-order valence-corrected chi connectivity index (χ4v) is 2.62. The van der Waals surface area contributed by atoms with Gasteiger partial charge >= 0.3 is 0 Å². The number of fused-ring (bicyclic) bond motifs is 1. The molecule has 0 radical (unpaired) electrons. The van der Waals surface area contributed by atoms with Crippen molar-refractivity contribution in [3.05, 3.63) is 59.2 Å². The Morgan fingerprint density at radius 1 is 1.15 bits per heavy atom. The molecule has 3 rings (SSSR count). The molecule has 0 amide bonds. The van der Waals surface area contributed by atoms with Crippen LogP contribution in [0.15, 0.2) is 42.5 Å². The third-order valence-corrected chi connectivity index (χ3v) is 3.96. The molecule has 3 heteroatoms. The van der Waals surface area contributed by atoms with Crippen molar-refractivity contribution < 1.29 is 9.47 Å². The first kappa shape index (κ1) is 13.0. The SMILES string of the molecule is COc1cccc(C(C)(N)c2ccc3c(c2)CCO3)c1. The van der Waals surface area contributed by atoms with Gasteiger partial charge in [-0.1, -0.05) is 18.2 Å². The number of methoxy groups -OCH3 is 1. The molecule has 1 heterocycles. The van der Waals surface area contributed by atoms with Gasteiger partial charge < -0.3 is 15.2 Å². The maximum Gasteiger partial charge on any atom is 0.122 e. The fourth-order valence-electron chi connectivity index (χ4n) is 2.62. The molecule has 104 valence electrons. The van der Waals surface area contributed by atoms with Gasteiger partial charge in [0.2, 0.25) is 0 Å². The van der Waals surface area contributed by atoms with Crippen LogP contribution in [-0.2, 0) is 12.0 Å². The summed E-state index contributed by atoms with van der Waals surface area (Å²) in [5, 5.41) is 0. The van der Waals surface area contributed by atoms with Crippen LogP contribution in [0.4, 0.5) is 0 Å². The zero-order valence-electron chi connectivity index (χ0n) is 11.8. The van der Waals surface area contributed by atoms with Crippen LogP contribution in [0.25, 0.3) is 0 Å². The van der Waals surface area contributed by atoms with Crippen LogP contribution in [0.1, 0.15) is 23.6 Å². The van der Waals surface area contributed by atoms with Gasteiger partial charge in [-0.05, 0) is 47.9 Å². The Balaban J connectivity index is 2.02. The molecular weight excluding hydrogens is 250 g/mol. The molecule has 2 aromatic rings. The van der Waals surface area contributed by atoms with Crippen molar-refractivity contribution in [2.45, 2.75) is 18.9 Å². The number of nitrogens with two attached hydrogens (primary N) is 1. The number of benzene rings is 2. The van der Waals surface area contributed by atoms with E-state index in [1.54, 1.807) is 7.11 Å². The molecule has 0 aromatic heterocycles. The second-order valence-corrected chi connectivity index (χ2v) is 5.36. The number of hydrogen-bond donors (Lipinski definition) is 1. The van der Waals surface area contributed by atoms with Crippen molar-refractivity contribution in [1.29, 1.82) is 0 Å². The van der Waals surface area contributed by atoms with Gasteiger partial charge in [-0.15, -0.1) is 0 Å². The van der Waals surface area contributed by atoms with Gasteiger partial charge in [0.25, 0.3) is 0 Å². The summed E-state index contributed by atoms with van der Waals surface area (Å²) >= 11 is 0. The molecule has 1 unspecified atom stereocenters. The van der Waals surface area contributed by atoms with Crippen molar-refractivity contribution in [1.82, 2.24) is 0 Å². The first-order valence-electron chi connectivity index (χ1n) is 6.81. The molecule has 0 fully saturated rings. The summed E-state index contributed by atoms with van der Waals surface area (Å²) in [6.45, 7) is 2.79. The maximum absolute atomic E-state index is 6.58. The van der Waals surface area contributed by atoms with Gasteiger partial charge in [0, 0.05) is 6.42 Å². The van der Waals surface area contributed by atoms with E-state index in [2.05, 4.69) is 6.07 Å². The van der Waals surface area contributed by atoms with E-state index in [9.17, 15) is 0 Å². The van der Waals surface area contributed by atoms with E-state index >= 15 is 0 Å². The molecule has 2 aromatic carbocycles. The molecule has 0 aliphatic carbocycles. The van der Waals surface area contributed by atoms with Gasteiger partial charge in [-0.3, -0.25) is 0 Å². The minimum absolute atomic E-state index is 0.549. The third kappa shape index (κ3) is 2.14. The van der Waals surface area contributed by atoms with E-state index in [0.29, 0.717) is 0 Å². The maximum atomic E-state index is 6.58. The summed E-state index contributed by atoms with van der Waals surface area (Å²) in [7, 11) is 1.67. The van der Waals surface area contributed by atoms with Crippen molar-refractivity contribution in [2.75, 3.05) is 13.7 Å². The van der Waals surface area contributed by atoms with E-state index in [4.69, 9.17) is 15.2 Å². The molecule has 3 nitrogen and oxygen atoms in total. The smallest absolute Gasteiger partial charge is 0.122 e. The van der Waals surface area contributed by atoms with Gasteiger partial charge in [-0.25, -0.2) is 0 Å². The quantitative estimate of drug-likeness (QED) is 0.932. The van der Waals surface area contributed by atoms with E-state index in [-0.39, 0.29) is 0 Å². The Hall–Kier alpha value is -2.00. The summed E-state index contributed by atoms with van der Waals surface area (Å²) < 4.78 is 10.8. The minimum atomic E-state index is -0.549. The molecule has 0 bridgehead atoms. The molecule has 0 saturated heterocycles. The summed E-state index contributed by atoms with van der Waals surface area (Å²) in [5.41, 5.74) is 9.40. The minimum Gasteiger partial charge on any atom is -0.497 e. The average molecular weight is 269 g/mol. The predicted molar refractivity (Wildman–Crippen MR) is 79.3 cm³/mol. The monoisotopic (exact) mass is 269 g/mol. The first-order valence-corrected chi connectivity index (χ1v) is 6.81. The van der Waals surface area contributed by atoms with Crippen molar-refractivity contribution >= 4 is 0 Å². The lowest BCUT2D eigenvalue weighted by molar-refractivity contribution is 0.356. The van der Waals surface area contributed by atoms with Crippen LogP contribution in [0, 0.1) is 0 Å². The molecule has 0 spiro atoms. The molecular formula is C17H19NO2. The molecule has 2 N–H and O–H groups in total.